The number of hydrogen-bond donors (Lipinski definition) is 3. The number of rotatable bonds is 12. The number of amides is 1. The SMILES string of the molecule is O=C(NCCO)c1cc([N+](=O)[O-])cc([N+](=O)[O-])c1N(CCCl)CCCS(=O)(=O)O. The van der Waals surface area contributed by atoms with Crippen LogP contribution in [0.5, 0.6) is 0 Å². The summed E-state index contributed by atoms with van der Waals surface area (Å²) in [5, 5.41) is 33.8. The molecule has 0 saturated heterocycles. The molecule has 29 heavy (non-hydrogen) atoms. The fourth-order valence-corrected chi connectivity index (χ4v) is 3.19. The predicted molar refractivity (Wildman–Crippen MR) is 103 cm³/mol. The number of aliphatic hydroxyl groups excluding tert-OH is 1. The van der Waals surface area contributed by atoms with Gasteiger partial charge in [0.1, 0.15) is 5.69 Å². The number of nitro groups is 2. The van der Waals surface area contributed by atoms with Crippen molar-refractivity contribution in [2.45, 2.75) is 6.42 Å². The van der Waals surface area contributed by atoms with Crippen LogP contribution in [0.2, 0.25) is 0 Å². The molecule has 0 bridgehead atoms. The fraction of sp³-hybridized carbons (Fsp3) is 0.500. The summed E-state index contributed by atoms with van der Waals surface area (Å²) in [6.45, 7) is -0.831. The third-order valence-electron chi connectivity index (χ3n) is 3.63. The van der Waals surface area contributed by atoms with Crippen molar-refractivity contribution in [3.05, 3.63) is 37.9 Å². The third kappa shape index (κ3) is 7.41. The summed E-state index contributed by atoms with van der Waals surface area (Å²) in [4.78, 5) is 34.6. The van der Waals surface area contributed by atoms with E-state index in [4.69, 9.17) is 21.3 Å². The predicted octanol–water partition coefficient (Wildman–Crippen LogP) is 0.548. The van der Waals surface area contributed by atoms with E-state index in [2.05, 4.69) is 5.32 Å². The molecule has 1 amide bonds. The lowest BCUT2D eigenvalue weighted by molar-refractivity contribution is -0.393. The Labute approximate surface area is 170 Å². The Bertz CT molecular complexity index is 878. The highest BCUT2D eigenvalue weighted by molar-refractivity contribution is 7.85. The van der Waals surface area contributed by atoms with Crippen LogP contribution in [0.25, 0.3) is 0 Å². The van der Waals surface area contributed by atoms with Crippen LogP contribution < -0.4 is 10.2 Å². The lowest BCUT2D eigenvalue weighted by Crippen LogP contribution is -2.33. The van der Waals surface area contributed by atoms with Crippen LogP contribution in [0.1, 0.15) is 16.8 Å². The second-order valence-electron chi connectivity index (χ2n) is 5.67. The highest BCUT2D eigenvalue weighted by atomic mass is 35.5. The Morgan fingerprint density at radius 2 is 1.86 bits per heavy atom. The summed E-state index contributed by atoms with van der Waals surface area (Å²) in [5.74, 6) is -1.61. The average Bonchev–Trinajstić information content (AvgIpc) is 2.63. The van der Waals surface area contributed by atoms with Gasteiger partial charge in [-0.15, -0.1) is 11.6 Å². The Kier molecular flexibility index (Phi) is 9.16. The third-order valence-corrected chi connectivity index (χ3v) is 4.60. The van der Waals surface area contributed by atoms with Crippen molar-refractivity contribution in [2.24, 2.45) is 0 Å². The Balaban J connectivity index is 3.55. The first kappa shape index (κ1) is 24.5. The summed E-state index contributed by atoms with van der Waals surface area (Å²) in [6.07, 6.45) is -0.151. The molecule has 0 aliphatic rings. The van der Waals surface area contributed by atoms with Gasteiger partial charge in [-0.3, -0.25) is 29.6 Å². The van der Waals surface area contributed by atoms with Gasteiger partial charge in [-0.05, 0) is 6.42 Å². The smallest absolute Gasteiger partial charge is 0.300 e. The van der Waals surface area contributed by atoms with Crippen molar-refractivity contribution in [1.29, 1.82) is 0 Å². The number of non-ortho nitro benzene ring substituents is 1. The van der Waals surface area contributed by atoms with Crippen molar-refractivity contribution in [3.63, 3.8) is 0 Å². The van der Waals surface area contributed by atoms with E-state index in [0.29, 0.717) is 6.07 Å². The molecule has 3 N–H and O–H groups in total. The molecule has 0 unspecified atom stereocenters. The molecule has 0 fully saturated rings. The molecule has 0 saturated carbocycles. The van der Waals surface area contributed by atoms with Gasteiger partial charge >= 0.3 is 0 Å². The second-order valence-corrected chi connectivity index (χ2v) is 7.62. The Morgan fingerprint density at radius 3 is 2.34 bits per heavy atom. The van der Waals surface area contributed by atoms with E-state index in [1.807, 2.05) is 0 Å². The molecule has 1 aromatic carbocycles. The van der Waals surface area contributed by atoms with Crippen molar-refractivity contribution in [2.75, 3.05) is 42.8 Å². The summed E-state index contributed by atoms with van der Waals surface area (Å²) in [6, 6.07) is 1.53. The van der Waals surface area contributed by atoms with E-state index in [9.17, 15) is 33.4 Å². The minimum Gasteiger partial charge on any atom is -0.395 e. The zero-order chi connectivity index (χ0) is 22.2. The number of carbonyl (C=O) groups excluding carboxylic acids is 1. The van der Waals surface area contributed by atoms with Crippen molar-refractivity contribution in [1.82, 2.24) is 5.32 Å². The molecule has 1 rings (SSSR count). The molecule has 0 atom stereocenters. The van der Waals surface area contributed by atoms with Crippen LogP contribution in [0.3, 0.4) is 0 Å². The van der Waals surface area contributed by atoms with Crippen molar-refractivity contribution >= 4 is 44.7 Å². The van der Waals surface area contributed by atoms with E-state index >= 15 is 0 Å². The summed E-state index contributed by atoms with van der Waals surface area (Å²) >= 11 is 5.72. The summed E-state index contributed by atoms with van der Waals surface area (Å²) < 4.78 is 30.7. The van der Waals surface area contributed by atoms with Gasteiger partial charge in [-0.25, -0.2) is 0 Å². The van der Waals surface area contributed by atoms with Crippen molar-refractivity contribution < 1.29 is 32.7 Å². The average molecular weight is 455 g/mol. The van der Waals surface area contributed by atoms with Gasteiger partial charge in [0.05, 0.1) is 33.8 Å². The van der Waals surface area contributed by atoms with Gasteiger partial charge in [-0.2, -0.15) is 8.42 Å². The molecule has 15 heteroatoms. The monoisotopic (exact) mass is 454 g/mol. The van der Waals surface area contributed by atoms with Crippen LogP contribution in [-0.4, -0.2) is 71.7 Å². The maximum Gasteiger partial charge on any atom is 0.300 e. The standard InChI is InChI=1S/C14H19ClN4O9S/c15-2-5-17(4-1-7-29(26,27)28)13-11(14(21)16-3-6-20)8-10(18(22)23)9-12(13)19(24)25/h8-9,20H,1-7H2,(H,16,21)(H,26,27,28). The van der Waals surface area contributed by atoms with E-state index in [-0.39, 0.29) is 37.6 Å². The van der Waals surface area contributed by atoms with Gasteiger partial charge in [-0.1, -0.05) is 0 Å². The van der Waals surface area contributed by atoms with Crippen LogP contribution >= 0.6 is 11.6 Å². The van der Waals surface area contributed by atoms with Gasteiger partial charge in [0.25, 0.3) is 27.4 Å². The van der Waals surface area contributed by atoms with Gasteiger partial charge < -0.3 is 15.3 Å². The molecule has 0 spiro atoms. The maximum absolute atomic E-state index is 12.5. The van der Waals surface area contributed by atoms with E-state index in [1.165, 1.54) is 4.90 Å². The van der Waals surface area contributed by atoms with Crippen molar-refractivity contribution in [3.8, 4) is 0 Å². The number of nitrogens with one attached hydrogen (secondary N) is 1. The molecule has 162 valence electrons. The summed E-state index contributed by atoms with van der Waals surface area (Å²) in [5.41, 5.74) is -2.13. The zero-order valence-electron chi connectivity index (χ0n) is 15.0. The number of nitrogens with zero attached hydrogens (tertiary/aromatic N) is 3. The number of nitro benzene ring substituents is 2. The number of anilines is 1. The first-order valence-corrected chi connectivity index (χ1v) is 10.3. The first-order chi connectivity index (χ1) is 13.5. The molecule has 0 heterocycles. The normalized spacial score (nSPS) is 11.1. The molecular weight excluding hydrogens is 436 g/mol. The summed E-state index contributed by atoms with van der Waals surface area (Å²) in [7, 11) is -4.29. The van der Waals surface area contributed by atoms with Crippen LogP contribution in [0, 0.1) is 20.2 Å². The van der Waals surface area contributed by atoms with Gasteiger partial charge in [0.15, 0.2) is 0 Å². The number of halogens is 1. The first-order valence-electron chi connectivity index (χ1n) is 8.13. The van der Waals surface area contributed by atoms with Crippen LogP contribution in [0.15, 0.2) is 12.1 Å². The minimum atomic E-state index is -4.29. The number of aliphatic hydroxyl groups is 1. The largest absolute Gasteiger partial charge is 0.395 e. The Hall–Kier alpha value is -2.55. The lowest BCUT2D eigenvalue weighted by atomic mass is 10.1. The molecule has 0 radical (unpaired) electrons. The maximum atomic E-state index is 12.5. The number of carbonyl (C=O) groups is 1. The molecule has 1 aromatic rings. The Morgan fingerprint density at radius 1 is 1.21 bits per heavy atom. The fourth-order valence-electron chi connectivity index (χ4n) is 2.49. The molecule has 0 aliphatic carbocycles. The molecule has 13 nitrogen and oxygen atoms in total. The van der Waals surface area contributed by atoms with Gasteiger partial charge in [0, 0.05) is 31.6 Å². The molecule has 0 aromatic heterocycles. The van der Waals surface area contributed by atoms with Crippen LogP contribution in [-0.2, 0) is 10.1 Å². The number of alkyl halides is 1. The minimum absolute atomic E-state index is 0.0496. The zero-order valence-corrected chi connectivity index (χ0v) is 16.6. The van der Waals surface area contributed by atoms with E-state index in [1.54, 1.807) is 0 Å². The lowest BCUT2D eigenvalue weighted by Gasteiger charge is -2.25. The van der Waals surface area contributed by atoms with E-state index in [0.717, 1.165) is 6.07 Å². The highest BCUT2D eigenvalue weighted by Crippen LogP contribution is 2.36. The number of hydrogen-bond acceptors (Lipinski definition) is 9. The molecule has 0 aliphatic heterocycles. The van der Waals surface area contributed by atoms with Crippen LogP contribution in [0.4, 0.5) is 17.1 Å². The number of benzene rings is 1. The quantitative estimate of drug-likeness (QED) is 0.174. The molecular formula is C14H19ClN4O9S. The second kappa shape index (κ2) is 10.8. The van der Waals surface area contributed by atoms with E-state index < -0.39 is 55.2 Å². The highest BCUT2D eigenvalue weighted by Gasteiger charge is 2.30. The van der Waals surface area contributed by atoms with Gasteiger partial charge in [0.2, 0.25) is 0 Å². The topological polar surface area (TPSA) is 193 Å².